The van der Waals surface area contributed by atoms with Crippen LogP contribution in [0.2, 0.25) is 0 Å². The molecule has 0 spiro atoms. The third-order valence-electron chi connectivity index (χ3n) is 3.59. The van der Waals surface area contributed by atoms with Crippen molar-refractivity contribution in [3.63, 3.8) is 0 Å². The van der Waals surface area contributed by atoms with Gasteiger partial charge in [-0.2, -0.15) is 5.26 Å². The minimum atomic E-state index is -0.845. The van der Waals surface area contributed by atoms with E-state index in [2.05, 4.69) is 0 Å². The van der Waals surface area contributed by atoms with E-state index in [1.54, 1.807) is 12.1 Å². The van der Waals surface area contributed by atoms with Crippen LogP contribution in [-0.2, 0) is 4.79 Å². The van der Waals surface area contributed by atoms with Crippen molar-refractivity contribution in [2.45, 2.75) is 6.92 Å². The highest BCUT2D eigenvalue weighted by atomic mass is 16.6. The molecule has 0 radical (unpaired) electrons. The summed E-state index contributed by atoms with van der Waals surface area (Å²) in [7, 11) is 0. The third kappa shape index (κ3) is 2.40. The van der Waals surface area contributed by atoms with Crippen LogP contribution < -0.4 is 4.90 Å². The molecule has 1 N–H and O–H groups in total. The van der Waals surface area contributed by atoms with Crippen molar-refractivity contribution in [1.82, 2.24) is 0 Å². The van der Waals surface area contributed by atoms with Gasteiger partial charge in [0.2, 0.25) is 0 Å². The van der Waals surface area contributed by atoms with Crippen LogP contribution in [0.4, 0.5) is 11.4 Å². The average Bonchev–Trinajstić information content (AvgIpc) is 2.80. The minimum absolute atomic E-state index is 0.00627. The summed E-state index contributed by atoms with van der Waals surface area (Å²) in [5, 5.41) is 28.8. The largest absolute Gasteiger partial charge is 0.481 e. The number of rotatable bonds is 3. The fourth-order valence-electron chi connectivity index (χ4n) is 2.47. The number of hydrogen-bond acceptors (Lipinski definition) is 5. The zero-order valence-electron chi connectivity index (χ0n) is 10.8. The zero-order chi connectivity index (χ0) is 14.9. The Morgan fingerprint density at radius 2 is 2.25 bits per heavy atom. The molecule has 20 heavy (non-hydrogen) atoms. The number of nitro groups is 1. The molecule has 1 aromatic rings. The Bertz CT molecular complexity index is 608. The van der Waals surface area contributed by atoms with Gasteiger partial charge in [0.25, 0.3) is 5.69 Å². The second kappa shape index (κ2) is 5.17. The molecule has 1 saturated heterocycles. The van der Waals surface area contributed by atoms with Crippen molar-refractivity contribution >= 4 is 17.3 Å². The lowest BCUT2D eigenvalue weighted by atomic mass is 9.99. The molecular weight excluding hydrogens is 262 g/mol. The first-order chi connectivity index (χ1) is 9.43. The number of carboxylic acid groups (broad SMARTS) is 1. The van der Waals surface area contributed by atoms with Gasteiger partial charge in [0, 0.05) is 24.8 Å². The van der Waals surface area contributed by atoms with Gasteiger partial charge in [-0.3, -0.25) is 14.9 Å². The van der Waals surface area contributed by atoms with E-state index in [9.17, 15) is 14.9 Å². The van der Waals surface area contributed by atoms with E-state index in [1.807, 2.05) is 11.8 Å². The van der Waals surface area contributed by atoms with Gasteiger partial charge in [-0.25, -0.2) is 0 Å². The Morgan fingerprint density at radius 1 is 1.55 bits per heavy atom. The maximum Gasteiger partial charge on any atom is 0.308 e. The maximum absolute atomic E-state index is 11.1. The lowest BCUT2D eigenvalue weighted by molar-refractivity contribution is -0.385. The molecular formula is C13H13N3O4. The summed E-state index contributed by atoms with van der Waals surface area (Å²) in [5.74, 6) is -1.31. The normalized spacial score (nSPS) is 21.5. The molecule has 0 unspecified atom stereocenters. The van der Waals surface area contributed by atoms with E-state index in [1.165, 1.54) is 12.1 Å². The number of carboxylic acids is 1. The predicted molar refractivity (Wildman–Crippen MR) is 70.3 cm³/mol. The first kappa shape index (κ1) is 13.8. The molecule has 1 heterocycles. The highest BCUT2D eigenvalue weighted by molar-refractivity contribution is 5.73. The van der Waals surface area contributed by atoms with Crippen molar-refractivity contribution in [2.75, 3.05) is 18.0 Å². The molecule has 7 nitrogen and oxygen atoms in total. The molecule has 1 aromatic carbocycles. The number of nitrogens with zero attached hydrogens (tertiary/aromatic N) is 3. The standard InChI is InChI=1S/C13H13N3O4/c1-8-6-15(7-11(8)13(17)18)10-2-3-12(16(19)20)9(4-10)5-14/h2-4,8,11H,6-7H2,1H3,(H,17,18)/t8-,11-/m1/s1. The molecule has 0 amide bonds. The van der Waals surface area contributed by atoms with E-state index in [4.69, 9.17) is 10.4 Å². The molecule has 1 fully saturated rings. The summed E-state index contributed by atoms with van der Waals surface area (Å²) >= 11 is 0. The Balaban J connectivity index is 2.30. The van der Waals surface area contributed by atoms with Crippen LogP contribution >= 0.6 is 0 Å². The topological polar surface area (TPSA) is 107 Å². The van der Waals surface area contributed by atoms with Crippen molar-refractivity contribution in [3.05, 3.63) is 33.9 Å². The van der Waals surface area contributed by atoms with Crippen LogP contribution in [0.1, 0.15) is 12.5 Å². The quantitative estimate of drug-likeness (QED) is 0.663. The molecule has 0 aliphatic carbocycles. The number of aliphatic carboxylic acids is 1. The van der Waals surface area contributed by atoms with Crippen molar-refractivity contribution in [3.8, 4) is 6.07 Å². The molecule has 0 saturated carbocycles. The van der Waals surface area contributed by atoms with Gasteiger partial charge >= 0.3 is 5.97 Å². The van der Waals surface area contributed by atoms with Crippen LogP contribution in [0, 0.1) is 33.3 Å². The zero-order valence-corrected chi connectivity index (χ0v) is 10.8. The molecule has 1 aliphatic heterocycles. The van der Waals surface area contributed by atoms with E-state index in [-0.39, 0.29) is 17.2 Å². The summed E-state index contributed by atoms with van der Waals surface area (Å²) in [4.78, 5) is 23.1. The number of hydrogen-bond donors (Lipinski definition) is 1. The minimum Gasteiger partial charge on any atom is -0.481 e. The lowest BCUT2D eigenvalue weighted by Crippen LogP contribution is -2.23. The lowest BCUT2D eigenvalue weighted by Gasteiger charge is -2.18. The summed E-state index contributed by atoms with van der Waals surface area (Å²) in [6.07, 6.45) is 0. The van der Waals surface area contributed by atoms with E-state index >= 15 is 0 Å². The summed E-state index contributed by atoms with van der Waals surface area (Å²) in [6, 6.07) is 6.08. The highest BCUT2D eigenvalue weighted by Gasteiger charge is 2.35. The van der Waals surface area contributed by atoms with Crippen molar-refractivity contribution < 1.29 is 14.8 Å². The van der Waals surface area contributed by atoms with Crippen LogP contribution in [-0.4, -0.2) is 29.1 Å². The molecule has 1 aliphatic rings. The molecule has 2 atom stereocenters. The average molecular weight is 275 g/mol. The Hall–Kier alpha value is -2.62. The first-order valence-corrected chi connectivity index (χ1v) is 6.10. The Kier molecular flexibility index (Phi) is 3.57. The molecule has 0 bridgehead atoms. The van der Waals surface area contributed by atoms with E-state index in [0.717, 1.165) is 0 Å². The second-order valence-corrected chi connectivity index (χ2v) is 4.90. The highest BCUT2D eigenvalue weighted by Crippen LogP contribution is 2.31. The third-order valence-corrected chi connectivity index (χ3v) is 3.59. The Morgan fingerprint density at radius 3 is 2.75 bits per heavy atom. The fraction of sp³-hybridized carbons (Fsp3) is 0.385. The van der Waals surface area contributed by atoms with Gasteiger partial charge in [-0.15, -0.1) is 0 Å². The number of anilines is 1. The van der Waals surface area contributed by atoms with E-state index in [0.29, 0.717) is 18.8 Å². The van der Waals surface area contributed by atoms with E-state index < -0.39 is 16.8 Å². The summed E-state index contributed by atoms with van der Waals surface area (Å²) < 4.78 is 0. The number of benzene rings is 1. The number of nitriles is 1. The van der Waals surface area contributed by atoms with Crippen LogP contribution in [0.25, 0.3) is 0 Å². The number of carbonyl (C=O) groups is 1. The molecule has 0 aromatic heterocycles. The number of nitro benzene ring substituents is 1. The predicted octanol–water partition coefficient (Wildman–Crippen LogP) is 1.62. The molecule has 104 valence electrons. The maximum atomic E-state index is 11.1. The van der Waals surface area contributed by atoms with Gasteiger partial charge in [-0.05, 0) is 18.1 Å². The Labute approximate surface area is 115 Å². The van der Waals surface area contributed by atoms with Gasteiger partial charge in [0.1, 0.15) is 11.6 Å². The van der Waals surface area contributed by atoms with Gasteiger partial charge in [0.05, 0.1) is 10.8 Å². The smallest absolute Gasteiger partial charge is 0.308 e. The monoisotopic (exact) mass is 275 g/mol. The molecule has 7 heteroatoms. The first-order valence-electron chi connectivity index (χ1n) is 6.10. The van der Waals surface area contributed by atoms with Gasteiger partial charge in [-0.1, -0.05) is 6.92 Å². The van der Waals surface area contributed by atoms with Crippen LogP contribution in [0.5, 0.6) is 0 Å². The van der Waals surface area contributed by atoms with Gasteiger partial charge < -0.3 is 10.0 Å². The summed E-state index contributed by atoms with van der Waals surface area (Å²) in [6.45, 7) is 2.76. The fourth-order valence-corrected chi connectivity index (χ4v) is 2.47. The second-order valence-electron chi connectivity index (χ2n) is 4.90. The van der Waals surface area contributed by atoms with Crippen molar-refractivity contribution in [2.24, 2.45) is 11.8 Å². The van der Waals surface area contributed by atoms with Crippen molar-refractivity contribution in [1.29, 1.82) is 5.26 Å². The molecule has 2 rings (SSSR count). The SMILES string of the molecule is C[C@@H]1CN(c2ccc([N+](=O)[O-])c(C#N)c2)C[C@H]1C(=O)O. The summed E-state index contributed by atoms with van der Waals surface area (Å²) in [5.41, 5.74) is 0.389. The van der Waals surface area contributed by atoms with Gasteiger partial charge in [0.15, 0.2) is 0 Å². The van der Waals surface area contributed by atoms with Crippen LogP contribution in [0.15, 0.2) is 18.2 Å². The van der Waals surface area contributed by atoms with Crippen LogP contribution in [0.3, 0.4) is 0 Å².